The Hall–Kier alpha value is -3.53. The van der Waals surface area contributed by atoms with Crippen LogP contribution in [-0.2, 0) is 31.9 Å². The highest BCUT2D eigenvalue weighted by Gasteiger charge is 2.28. The van der Waals surface area contributed by atoms with Gasteiger partial charge in [0.2, 0.25) is 0 Å². The summed E-state index contributed by atoms with van der Waals surface area (Å²) in [6.45, 7) is 5.83. The van der Waals surface area contributed by atoms with Crippen LogP contribution in [0.5, 0.6) is 5.75 Å². The van der Waals surface area contributed by atoms with Gasteiger partial charge in [-0.1, -0.05) is 26.3 Å². The Morgan fingerprint density at radius 3 is 2.41 bits per heavy atom. The number of nitrogens with one attached hydrogen (secondary N) is 1. The van der Waals surface area contributed by atoms with Crippen molar-refractivity contribution in [3.8, 4) is 11.8 Å². The highest BCUT2D eigenvalue weighted by molar-refractivity contribution is 5.82. The number of anilines is 1. The zero-order chi connectivity index (χ0) is 23.5. The van der Waals surface area contributed by atoms with E-state index in [2.05, 4.69) is 18.3 Å². The number of nitriles is 1. The number of carbonyl (C=O) groups is 2. The van der Waals surface area contributed by atoms with Gasteiger partial charge in [0.05, 0.1) is 25.3 Å². The number of carbonyl (C=O) groups excluding carboxylic acids is 2. The van der Waals surface area contributed by atoms with Crippen molar-refractivity contribution in [2.75, 3.05) is 25.6 Å². The van der Waals surface area contributed by atoms with Gasteiger partial charge in [-0.15, -0.1) is 0 Å². The molecule has 0 bridgehead atoms. The van der Waals surface area contributed by atoms with Gasteiger partial charge in [0.15, 0.2) is 12.6 Å². The largest absolute Gasteiger partial charge is 0.481 e. The Bertz CT molecular complexity index is 964. The van der Waals surface area contributed by atoms with E-state index >= 15 is 0 Å². The van der Waals surface area contributed by atoms with Gasteiger partial charge >= 0.3 is 11.9 Å². The minimum Gasteiger partial charge on any atom is -0.481 e. The number of rotatable bonds is 11. The van der Waals surface area contributed by atoms with E-state index in [1.807, 2.05) is 19.1 Å². The number of methoxy groups -OCH3 is 1. The first-order valence-corrected chi connectivity index (χ1v) is 10.8. The molecule has 0 radical (unpaired) electrons. The monoisotopic (exact) mass is 438 g/mol. The van der Waals surface area contributed by atoms with Crippen LogP contribution < -0.4 is 10.1 Å². The van der Waals surface area contributed by atoms with Crippen LogP contribution in [0.25, 0.3) is 0 Å². The normalized spacial score (nSPS) is 11.2. The lowest BCUT2D eigenvalue weighted by Gasteiger charge is -2.24. The van der Waals surface area contributed by atoms with Crippen LogP contribution in [-0.4, -0.2) is 32.3 Å². The van der Waals surface area contributed by atoms with Gasteiger partial charge in [-0.25, -0.2) is 9.59 Å². The van der Waals surface area contributed by atoms with E-state index in [1.54, 1.807) is 31.2 Å². The van der Waals surface area contributed by atoms with Crippen LogP contribution in [0.3, 0.4) is 0 Å². The van der Waals surface area contributed by atoms with Crippen LogP contribution in [0.4, 0.5) is 5.69 Å². The van der Waals surface area contributed by atoms with Gasteiger partial charge in [0.1, 0.15) is 5.75 Å². The predicted octanol–water partition coefficient (Wildman–Crippen LogP) is 4.34. The molecule has 0 saturated heterocycles. The summed E-state index contributed by atoms with van der Waals surface area (Å²) in [5.41, 5.74) is 3.72. The van der Waals surface area contributed by atoms with Crippen LogP contribution >= 0.6 is 0 Å². The first-order valence-electron chi connectivity index (χ1n) is 10.8. The van der Waals surface area contributed by atoms with Crippen molar-refractivity contribution >= 4 is 17.6 Å². The van der Waals surface area contributed by atoms with Crippen molar-refractivity contribution < 1.29 is 23.8 Å². The van der Waals surface area contributed by atoms with Crippen LogP contribution in [0.1, 0.15) is 55.5 Å². The molecule has 0 saturated carbocycles. The molecule has 0 spiro atoms. The molecule has 0 aliphatic rings. The summed E-state index contributed by atoms with van der Waals surface area (Å²) in [6.07, 6.45) is 2.37. The van der Waals surface area contributed by atoms with Gasteiger partial charge in [-0.05, 0) is 61.2 Å². The van der Waals surface area contributed by atoms with Gasteiger partial charge < -0.3 is 19.5 Å². The molecule has 0 aromatic heterocycles. The second kappa shape index (κ2) is 12.4. The molecule has 2 aromatic carbocycles. The molecule has 0 heterocycles. The molecule has 170 valence electrons. The van der Waals surface area contributed by atoms with Crippen molar-refractivity contribution in [2.45, 2.75) is 46.1 Å². The second-order valence-corrected chi connectivity index (χ2v) is 7.16. The maximum absolute atomic E-state index is 12.8. The average molecular weight is 439 g/mol. The van der Waals surface area contributed by atoms with Crippen molar-refractivity contribution in [2.24, 2.45) is 0 Å². The minimum atomic E-state index is -0.868. The summed E-state index contributed by atoms with van der Waals surface area (Å²) >= 11 is 0. The summed E-state index contributed by atoms with van der Waals surface area (Å²) in [7, 11) is 1.32. The minimum absolute atomic E-state index is 0.256. The van der Waals surface area contributed by atoms with E-state index in [0.29, 0.717) is 22.6 Å². The van der Waals surface area contributed by atoms with E-state index in [9.17, 15) is 9.59 Å². The quantitative estimate of drug-likeness (QED) is 0.521. The summed E-state index contributed by atoms with van der Waals surface area (Å²) in [4.78, 5) is 24.8. The fourth-order valence-electron chi connectivity index (χ4n) is 3.35. The third-order valence-electron chi connectivity index (χ3n) is 4.89. The van der Waals surface area contributed by atoms with E-state index in [0.717, 1.165) is 30.4 Å². The molecule has 7 nitrogen and oxygen atoms in total. The molecule has 1 atom stereocenters. The molecule has 0 aliphatic heterocycles. The highest BCUT2D eigenvalue weighted by Crippen LogP contribution is 2.35. The Morgan fingerprint density at radius 2 is 1.84 bits per heavy atom. The molecular weight excluding hydrogens is 408 g/mol. The molecular formula is C25H30N2O5. The number of benzene rings is 2. The zero-order valence-corrected chi connectivity index (χ0v) is 19.1. The van der Waals surface area contributed by atoms with Crippen molar-refractivity contribution in [3.63, 3.8) is 0 Å². The molecule has 7 heteroatoms. The SMILES string of the molecule is CCCc1cc(CC)cc(C(Nc2ccc(C#N)cc2)C(=O)OC)c1OCC(=O)OCC. The highest BCUT2D eigenvalue weighted by atomic mass is 16.6. The molecule has 1 unspecified atom stereocenters. The lowest BCUT2D eigenvalue weighted by molar-refractivity contribution is -0.145. The molecule has 0 amide bonds. The van der Waals surface area contributed by atoms with Crippen molar-refractivity contribution in [3.05, 3.63) is 58.7 Å². The molecule has 32 heavy (non-hydrogen) atoms. The van der Waals surface area contributed by atoms with Crippen LogP contribution in [0.2, 0.25) is 0 Å². The Morgan fingerprint density at radius 1 is 1.12 bits per heavy atom. The van der Waals surface area contributed by atoms with Crippen LogP contribution in [0.15, 0.2) is 36.4 Å². The second-order valence-electron chi connectivity index (χ2n) is 7.16. The number of hydrogen-bond acceptors (Lipinski definition) is 7. The smallest absolute Gasteiger partial charge is 0.344 e. The maximum Gasteiger partial charge on any atom is 0.344 e. The first-order chi connectivity index (χ1) is 15.5. The molecule has 1 N–H and O–H groups in total. The van der Waals surface area contributed by atoms with Gasteiger partial charge in [0.25, 0.3) is 0 Å². The number of esters is 2. The summed E-state index contributed by atoms with van der Waals surface area (Å²) in [6, 6.07) is 11.9. The average Bonchev–Trinajstić information content (AvgIpc) is 2.81. The number of ether oxygens (including phenoxy) is 3. The molecule has 0 aliphatic carbocycles. The molecule has 0 fully saturated rings. The van der Waals surface area contributed by atoms with Gasteiger partial charge in [-0.3, -0.25) is 0 Å². The first kappa shape index (κ1) is 24.7. The zero-order valence-electron chi connectivity index (χ0n) is 19.1. The summed E-state index contributed by atoms with van der Waals surface area (Å²) in [5.74, 6) is -0.491. The van der Waals surface area contributed by atoms with Crippen LogP contribution in [0, 0.1) is 11.3 Å². The molecule has 2 aromatic rings. The number of nitrogens with zero attached hydrogens (tertiary/aromatic N) is 1. The van der Waals surface area contributed by atoms with E-state index in [1.165, 1.54) is 7.11 Å². The topological polar surface area (TPSA) is 97.7 Å². The van der Waals surface area contributed by atoms with Gasteiger partial charge in [-0.2, -0.15) is 5.26 Å². The lowest BCUT2D eigenvalue weighted by atomic mass is 9.95. The third-order valence-corrected chi connectivity index (χ3v) is 4.89. The van der Waals surface area contributed by atoms with Crippen molar-refractivity contribution in [1.82, 2.24) is 0 Å². The standard InChI is InChI=1S/C25H30N2O5/c1-5-8-19-13-17(6-2)14-21(24(19)32-16-22(28)31-7-3)23(25(29)30-4)27-20-11-9-18(15-26)10-12-20/h9-14,23,27H,5-8,16H2,1-4H3. The van der Waals surface area contributed by atoms with Gasteiger partial charge in [0, 0.05) is 11.3 Å². The Balaban J connectivity index is 2.54. The van der Waals surface area contributed by atoms with E-state index in [-0.39, 0.29) is 13.2 Å². The fourth-order valence-corrected chi connectivity index (χ4v) is 3.35. The third kappa shape index (κ3) is 6.48. The lowest BCUT2D eigenvalue weighted by Crippen LogP contribution is -2.25. The predicted molar refractivity (Wildman–Crippen MR) is 121 cm³/mol. The number of hydrogen-bond donors (Lipinski definition) is 1. The summed E-state index contributed by atoms with van der Waals surface area (Å²) in [5, 5.41) is 12.2. The Labute approximate surface area is 189 Å². The summed E-state index contributed by atoms with van der Waals surface area (Å²) < 4.78 is 16.0. The van der Waals surface area contributed by atoms with E-state index in [4.69, 9.17) is 19.5 Å². The number of aryl methyl sites for hydroxylation is 2. The Kier molecular flexibility index (Phi) is 9.55. The molecule has 2 rings (SSSR count). The fraction of sp³-hybridized carbons (Fsp3) is 0.400. The van der Waals surface area contributed by atoms with Crippen molar-refractivity contribution in [1.29, 1.82) is 5.26 Å². The maximum atomic E-state index is 12.8. The van der Waals surface area contributed by atoms with E-state index < -0.39 is 18.0 Å².